The van der Waals surface area contributed by atoms with Gasteiger partial charge in [-0.3, -0.25) is 20.3 Å². The maximum atomic E-state index is 11.7. The van der Waals surface area contributed by atoms with Gasteiger partial charge in [-0.25, -0.2) is 4.68 Å². The van der Waals surface area contributed by atoms with E-state index in [1.165, 1.54) is 13.1 Å². The molecule has 0 saturated carbocycles. The zero-order chi connectivity index (χ0) is 23.1. The Morgan fingerprint density at radius 2 is 1.94 bits per heavy atom. The fourth-order valence-corrected chi connectivity index (χ4v) is 4.78. The summed E-state index contributed by atoms with van der Waals surface area (Å²) in [7, 11) is 0. The summed E-state index contributed by atoms with van der Waals surface area (Å²) < 4.78 is 12.3. The van der Waals surface area contributed by atoms with Crippen LogP contribution in [0, 0.1) is 5.41 Å². The largest absolute Gasteiger partial charge is 0.487 e. The van der Waals surface area contributed by atoms with Crippen molar-refractivity contribution in [1.29, 1.82) is 5.41 Å². The normalized spacial score (nSPS) is 33.9. The molecular weight excluding hydrogens is 410 g/mol. The molecule has 1 amide bonds. The average Bonchev–Trinajstić information content (AvgIpc) is 3.09. The van der Waals surface area contributed by atoms with Crippen LogP contribution in [0.2, 0.25) is 0 Å². The number of nitrogens with one attached hydrogen (secondary N) is 2. The minimum atomic E-state index is -1.38. The molecule has 5 unspecified atom stereocenters. The van der Waals surface area contributed by atoms with Gasteiger partial charge in [-0.15, -0.1) is 0 Å². The molecular formula is C19H33N5O7. The smallest absolute Gasteiger partial charge is 0.264 e. The van der Waals surface area contributed by atoms with Crippen molar-refractivity contribution in [3.63, 3.8) is 0 Å². The van der Waals surface area contributed by atoms with Crippen molar-refractivity contribution in [3.05, 3.63) is 11.8 Å². The van der Waals surface area contributed by atoms with Crippen LogP contribution < -0.4 is 20.8 Å². The van der Waals surface area contributed by atoms with Crippen molar-refractivity contribution in [1.82, 2.24) is 15.7 Å². The van der Waals surface area contributed by atoms with E-state index in [4.69, 9.17) is 19.5 Å². The Labute approximate surface area is 180 Å². The molecule has 3 rings (SSSR count). The average molecular weight is 444 g/mol. The summed E-state index contributed by atoms with van der Waals surface area (Å²) in [5, 5.41) is 46.2. The molecule has 12 nitrogen and oxygen atoms in total. The Kier molecular flexibility index (Phi) is 6.61. The van der Waals surface area contributed by atoms with E-state index < -0.39 is 54.2 Å². The monoisotopic (exact) mass is 443 g/mol. The van der Waals surface area contributed by atoms with E-state index >= 15 is 0 Å². The molecule has 1 aromatic rings. The second-order valence-electron chi connectivity index (χ2n) is 9.57. The highest BCUT2D eigenvalue weighted by Gasteiger charge is 2.53. The number of amides is 1. The van der Waals surface area contributed by atoms with Gasteiger partial charge in [-0.1, -0.05) is 0 Å². The van der Waals surface area contributed by atoms with Gasteiger partial charge in [-0.2, -0.15) is 5.06 Å². The predicted molar refractivity (Wildman–Crippen MR) is 103 cm³/mol. The minimum Gasteiger partial charge on any atom is -0.487 e. The number of aromatic nitrogens is 2. The maximum absolute atomic E-state index is 11.7. The summed E-state index contributed by atoms with van der Waals surface area (Å²) >= 11 is 0. The molecule has 1 aromatic heterocycles. The van der Waals surface area contributed by atoms with Crippen molar-refractivity contribution in [2.75, 3.05) is 6.61 Å². The number of hydroxylamine groups is 2. The molecule has 0 spiro atoms. The molecule has 31 heavy (non-hydrogen) atoms. The third kappa shape index (κ3) is 4.83. The van der Waals surface area contributed by atoms with E-state index in [0.29, 0.717) is 12.8 Å². The van der Waals surface area contributed by atoms with Crippen molar-refractivity contribution < 1.29 is 38.9 Å². The van der Waals surface area contributed by atoms with Gasteiger partial charge in [-0.05, 0) is 27.7 Å². The molecule has 2 aliphatic heterocycles. The Morgan fingerprint density at radius 1 is 1.32 bits per heavy atom. The topological polar surface area (TPSA) is 166 Å². The van der Waals surface area contributed by atoms with Crippen molar-refractivity contribution in [2.45, 2.75) is 95.2 Å². The summed E-state index contributed by atoms with van der Waals surface area (Å²) in [6.45, 7) is 8.70. The zero-order valence-corrected chi connectivity index (χ0v) is 18.5. The van der Waals surface area contributed by atoms with Gasteiger partial charge < -0.3 is 29.9 Å². The van der Waals surface area contributed by atoms with Crippen LogP contribution in [0.25, 0.3) is 0 Å². The Hall–Kier alpha value is -1.83. The summed E-state index contributed by atoms with van der Waals surface area (Å²) in [6, 6.07) is -1.07. The highest BCUT2D eigenvalue weighted by molar-refractivity contribution is 5.73. The molecule has 5 N–H and O–H groups in total. The lowest BCUT2D eigenvalue weighted by Gasteiger charge is -2.54. The van der Waals surface area contributed by atoms with Crippen molar-refractivity contribution in [2.24, 2.45) is 0 Å². The van der Waals surface area contributed by atoms with Crippen LogP contribution in [0.15, 0.2) is 10.7 Å². The van der Waals surface area contributed by atoms with Crippen molar-refractivity contribution in [3.8, 4) is 0 Å². The second kappa shape index (κ2) is 8.60. The number of ether oxygens (including phenoxy) is 1. The van der Waals surface area contributed by atoms with Crippen LogP contribution in [-0.2, 0) is 14.4 Å². The molecule has 0 aliphatic carbocycles. The van der Waals surface area contributed by atoms with Gasteiger partial charge in [0.05, 0.1) is 6.61 Å². The van der Waals surface area contributed by atoms with Gasteiger partial charge >= 0.3 is 0 Å². The third-order valence-corrected chi connectivity index (χ3v) is 5.89. The van der Waals surface area contributed by atoms with E-state index in [9.17, 15) is 20.1 Å². The number of hydrogen-bond donors (Lipinski definition) is 5. The first-order valence-corrected chi connectivity index (χ1v) is 10.3. The van der Waals surface area contributed by atoms with Gasteiger partial charge in [0.25, 0.3) is 5.55 Å². The maximum Gasteiger partial charge on any atom is 0.264 e. The molecule has 0 radical (unpaired) electrons. The Balaban J connectivity index is 1.86. The number of aliphatic hydroxyl groups is 3. The number of carbonyl (C=O) groups excluding carboxylic acids is 1. The standard InChI is InChI=1S/C19H33N5O7/c1-10(26)21-14-16(28)15(27)12(9-25)29-17(14)31-24-18(2,3)6-11(7-19(24,4)5)23-8-13(20)30-22-23/h8,11-12,14-17,20,25,27-28H,6-7,9H2,1-5H3,(H,21,26). The Bertz CT molecular complexity index is 820. The minimum absolute atomic E-state index is 0.0226. The molecule has 176 valence electrons. The number of piperidine rings is 1. The van der Waals surface area contributed by atoms with Crippen LogP contribution in [0.1, 0.15) is 53.5 Å². The van der Waals surface area contributed by atoms with E-state index in [2.05, 4.69) is 10.6 Å². The molecule has 12 heteroatoms. The number of aliphatic hydroxyl groups excluding tert-OH is 3. The number of nitrogens with zero attached hydrogens (tertiary/aromatic N) is 3. The number of hydrogen-bond acceptors (Lipinski definition) is 9. The number of rotatable bonds is 5. The molecule has 0 aromatic carbocycles. The fourth-order valence-electron chi connectivity index (χ4n) is 4.78. The molecule has 0 bridgehead atoms. The first-order chi connectivity index (χ1) is 14.4. The van der Waals surface area contributed by atoms with Gasteiger partial charge in [0, 0.05) is 30.8 Å². The van der Waals surface area contributed by atoms with E-state index in [-0.39, 0.29) is 11.6 Å². The molecule has 2 aliphatic rings. The summed E-state index contributed by atoms with van der Waals surface area (Å²) in [5.41, 5.74) is -1.11. The summed E-state index contributed by atoms with van der Waals surface area (Å²) in [6.07, 6.45) is -2.20. The lowest BCUT2D eigenvalue weighted by molar-refractivity contribution is -0.796. The first kappa shape index (κ1) is 23.8. The quantitative estimate of drug-likeness (QED) is 0.326. The fraction of sp³-hybridized carbons (Fsp3) is 0.842. The van der Waals surface area contributed by atoms with Crippen LogP contribution in [-0.4, -0.2) is 74.6 Å². The highest BCUT2D eigenvalue weighted by atomic mass is 16.8. The van der Waals surface area contributed by atoms with Gasteiger partial charge in [0.15, 0.2) is 6.04 Å². The molecule has 5 atom stereocenters. The number of carbonyl (C=O) groups is 1. The summed E-state index contributed by atoms with van der Waals surface area (Å²) in [4.78, 5) is 17.9. The predicted octanol–water partition coefficient (Wildman–Crippen LogP) is -1.93. The van der Waals surface area contributed by atoms with E-state index in [1.807, 2.05) is 27.7 Å². The molecule has 2 saturated heterocycles. The van der Waals surface area contributed by atoms with E-state index in [1.54, 1.807) is 9.75 Å². The van der Waals surface area contributed by atoms with E-state index in [0.717, 1.165) is 0 Å². The van der Waals surface area contributed by atoms with Gasteiger partial charge in [0.2, 0.25) is 18.4 Å². The van der Waals surface area contributed by atoms with Crippen LogP contribution in [0.3, 0.4) is 0 Å². The lowest BCUT2D eigenvalue weighted by Crippen LogP contribution is -2.69. The van der Waals surface area contributed by atoms with Crippen LogP contribution >= 0.6 is 0 Å². The SMILES string of the molecule is CC(=O)NC1C(ON2C(C)(C)CC([n+]3cc(=N)o[n-]3)CC2(C)C)OC(CO)C(O)C1O. The summed E-state index contributed by atoms with van der Waals surface area (Å²) in [5.74, 6) is -0.415. The van der Waals surface area contributed by atoms with Crippen molar-refractivity contribution >= 4 is 5.91 Å². The van der Waals surface area contributed by atoms with Gasteiger partial charge in [0.1, 0.15) is 24.4 Å². The second-order valence-corrected chi connectivity index (χ2v) is 9.57. The van der Waals surface area contributed by atoms with Crippen LogP contribution in [0.5, 0.6) is 0 Å². The Morgan fingerprint density at radius 3 is 2.42 bits per heavy atom. The lowest BCUT2D eigenvalue weighted by atomic mass is 9.79. The molecule has 2 fully saturated rings. The highest BCUT2D eigenvalue weighted by Crippen LogP contribution is 2.42. The first-order valence-electron chi connectivity index (χ1n) is 10.3. The van der Waals surface area contributed by atoms with Crippen LogP contribution in [0.4, 0.5) is 0 Å². The zero-order valence-electron chi connectivity index (χ0n) is 18.5. The third-order valence-electron chi connectivity index (χ3n) is 5.89. The molecule has 3 heterocycles.